The number of aromatic nitrogens is 1. The van der Waals surface area contributed by atoms with Gasteiger partial charge >= 0.3 is 12.1 Å². The highest BCUT2D eigenvalue weighted by molar-refractivity contribution is 5.94. The smallest absolute Gasteiger partial charge is 0.415 e. The number of carboxylic acid groups (broad SMARTS) is 1. The van der Waals surface area contributed by atoms with Crippen LogP contribution in [0.1, 0.15) is 31.1 Å². The van der Waals surface area contributed by atoms with Gasteiger partial charge in [-0.25, -0.2) is 14.6 Å². The lowest BCUT2D eigenvalue weighted by atomic mass is 10.2. The van der Waals surface area contributed by atoms with Gasteiger partial charge in [-0.15, -0.1) is 0 Å². The van der Waals surface area contributed by atoms with Crippen molar-refractivity contribution < 1.29 is 24.2 Å². The SMILES string of the molecule is CC(C)(C)OC(=O)N1CCOc2ncc(C(=O)O)cc21. The Morgan fingerprint density at radius 3 is 2.75 bits per heavy atom. The summed E-state index contributed by atoms with van der Waals surface area (Å²) in [6, 6.07) is 1.35. The predicted octanol–water partition coefficient (Wildman–Crippen LogP) is 1.91. The first-order valence-electron chi connectivity index (χ1n) is 6.14. The minimum atomic E-state index is -1.12. The molecule has 7 heteroatoms. The van der Waals surface area contributed by atoms with Gasteiger partial charge in [-0.3, -0.25) is 4.90 Å². The van der Waals surface area contributed by atoms with Crippen molar-refractivity contribution in [1.29, 1.82) is 0 Å². The average molecular weight is 280 g/mol. The molecule has 2 heterocycles. The van der Waals surface area contributed by atoms with E-state index in [1.807, 2.05) is 0 Å². The van der Waals surface area contributed by atoms with Crippen LogP contribution in [0.2, 0.25) is 0 Å². The molecule has 0 saturated carbocycles. The second kappa shape index (κ2) is 4.99. The molecule has 0 aromatic carbocycles. The number of carbonyl (C=O) groups excluding carboxylic acids is 1. The fraction of sp³-hybridized carbons (Fsp3) is 0.462. The Bertz CT molecular complexity index is 550. The molecule has 0 saturated heterocycles. The third-order valence-corrected chi connectivity index (χ3v) is 2.54. The molecular weight excluding hydrogens is 264 g/mol. The van der Waals surface area contributed by atoms with Crippen LogP contribution in [-0.4, -0.2) is 40.9 Å². The van der Waals surface area contributed by atoms with Crippen molar-refractivity contribution in [2.24, 2.45) is 0 Å². The lowest BCUT2D eigenvalue weighted by Gasteiger charge is -2.31. The molecule has 20 heavy (non-hydrogen) atoms. The van der Waals surface area contributed by atoms with Gasteiger partial charge in [0.25, 0.3) is 0 Å². The normalized spacial score (nSPS) is 14.2. The zero-order valence-corrected chi connectivity index (χ0v) is 11.5. The number of pyridine rings is 1. The number of hydrogen-bond donors (Lipinski definition) is 1. The maximum Gasteiger partial charge on any atom is 0.415 e. The summed E-state index contributed by atoms with van der Waals surface area (Å²) in [4.78, 5) is 28.4. The standard InChI is InChI=1S/C13H16N2O5/c1-13(2,3)20-12(18)15-4-5-19-10-9(15)6-8(7-14-10)11(16)17/h6-7H,4-5H2,1-3H3,(H,16,17). The van der Waals surface area contributed by atoms with Gasteiger partial charge in [0.05, 0.1) is 12.1 Å². The first-order chi connectivity index (χ1) is 9.28. The number of anilines is 1. The summed E-state index contributed by atoms with van der Waals surface area (Å²) in [5.74, 6) is -0.887. The van der Waals surface area contributed by atoms with E-state index in [1.54, 1.807) is 20.8 Å². The molecule has 1 N–H and O–H groups in total. The molecule has 1 aromatic heterocycles. The average Bonchev–Trinajstić information content (AvgIpc) is 2.35. The zero-order chi connectivity index (χ0) is 14.9. The Hall–Kier alpha value is -2.31. The van der Waals surface area contributed by atoms with Gasteiger partial charge in [0.15, 0.2) is 0 Å². The van der Waals surface area contributed by atoms with Crippen molar-refractivity contribution in [2.75, 3.05) is 18.1 Å². The third-order valence-electron chi connectivity index (χ3n) is 2.54. The van der Waals surface area contributed by atoms with Crippen LogP contribution in [0.15, 0.2) is 12.3 Å². The van der Waals surface area contributed by atoms with Crippen LogP contribution in [0.4, 0.5) is 10.5 Å². The molecule has 7 nitrogen and oxygen atoms in total. The molecule has 0 atom stereocenters. The van der Waals surface area contributed by atoms with E-state index in [-0.39, 0.29) is 24.6 Å². The molecule has 108 valence electrons. The topological polar surface area (TPSA) is 89.0 Å². The number of ether oxygens (including phenoxy) is 2. The Balaban J connectivity index is 2.33. The summed E-state index contributed by atoms with van der Waals surface area (Å²) in [5.41, 5.74) is -0.332. The first-order valence-corrected chi connectivity index (χ1v) is 6.14. The number of rotatable bonds is 1. The lowest BCUT2D eigenvalue weighted by Crippen LogP contribution is -2.41. The fourth-order valence-corrected chi connectivity index (χ4v) is 1.72. The number of carbonyl (C=O) groups is 2. The van der Waals surface area contributed by atoms with Gasteiger partial charge in [0, 0.05) is 6.20 Å². The summed E-state index contributed by atoms with van der Waals surface area (Å²) in [7, 11) is 0. The molecule has 2 rings (SSSR count). The molecule has 0 radical (unpaired) electrons. The molecule has 1 amide bonds. The van der Waals surface area contributed by atoms with Crippen LogP contribution in [0.5, 0.6) is 5.88 Å². The van der Waals surface area contributed by atoms with Gasteiger partial charge in [-0.1, -0.05) is 0 Å². The molecular formula is C13H16N2O5. The summed E-state index contributed by atoms with van der Waals surface area (Å²) < 4.78 is 10.6. The molecule has 1 aliphatic heterocycles. The van der Waals surface area contributed by atoms with Crippen LogP contribution in [0, 0.1) is 0 Å². The zero-order valence-electron chi connectivity index (χ0n) is 11.5. The number of fused-ring (bicyclic) bond motifs is 1. The molecule has 0 aliphatic carbocycles. The molecule has 0 fully saturated rings. The summed E-state index contributed by atoms with van der Waals surface area (Å²) >= 11 is 0. The van der Waals surface area contributed by atoms with Gasteiger partial charge < -0.3 is 14.6 Å². The van der Waals surface area contributed by atoms with Crippen molar-refractivity contribution in [3.8, 4) is 5.88 Å². The Morgan fingerprint density at radius 1 is 1.45 bits per heavy atom. The highest BCUT2D eigenvalue weighted by Gasteiger charge is 2.29. The van der Waals surface area contributed by atoms with Gasteiger partial charge in [-0.2, -0.15) is 0 Å². The number of aromatic carboxylic acids is 1. The van der Waals surface area contributed by atoms with Crippen molar-refractivity contribution in [2.45, 2.75) is 26.4 Å². The van der Waals surface area contributed by atoms with E-state index >= 15 is 0 Å². The second-order valence-electron chi connectivity index (χ2n) is 5.33. The van der Waals surface area contributed by atoms with Crippen molar-refractivity contribution in [3.63, 3.8) is 0 Å². The number of nitrogens with zero attached hydrogens (tertiary/aromatic N) is 2. The van der Waals surface area contributed by atoms with E-state index in [0.717, 1.165) is 0 Å². The number of amides is 1. The molecule has 1 aliphatic rings. The largest absolute Gasteiger partial charge is 0.478 e. The predicted molar refractivity (Wildman–Crippen MR) is 70.3 cm³/mol. The minimum Gasteiger partial charge on any atom is -0.478 e. The van der Waals surface area contributed by atoms with Gasteiger partial charge in [0.1, 0.15) is 17.9 Å². The summed E-state index contributed by atoms with van der Waals surface area (Å²) in [6.45, 7) is 5.85. The Kier molecular flexibility index (Phi) is 3.52. The van der Waals surface area contributed by atoms with Crippen molar-refractivity contribution in [1.82, 2.24) is 4.98 Å². The van der Waals surface area contributed by atoms with Crippen LogP contribution in [0.3, 0.4) is 0 Å². The van der Waals surface area contributed by atoms with E-state index < -0.39 is 17.7 Å². The van der Waals surface area contributed by atoms with Crippen LogP contribution in [0.25, 0.3) is 0 Å². The molecule has 0 bridgehead atoms. The summed E-state index contributed by atoms with van der Waals surface area (Å²) in [6.07, 6.45) is 0.645. The molecule has 0 unspecified atom stereocenters. The van der Waals surface area contributed by atoms with Crippen LogP contribution >= 0.6 is 0 Å². The van der Waals surface area contributed by atoms with E-state index in [9.17, 15) is 9.59 Å². The second-order valence-corrected chi connectivity index (χ2v) is 5.33. The third kappa shape index (κ3) is 2.98. The number of carboxylic acids is 1. The minimum absolute atomic E-state index is 0.0113. The lowest BCUT2D eigenvalue weighted by molar-refractivity contribution is 0.0564. The van der Waals surface area contributed by atoms with E-state index in [0.29, 0.717) is 5.69 Å². The van der Waals surface area contributed by atoms with E-state index in [2.05, 4.69) is 4.98 Å². The fourth-order valence-electron chi connectivity index (χ4n) is 1.72. The van der Waals surface area contributed by atoms with Crippen molar-refractivity contribution >= 4 is 17.7 Å². The number of hydrogen-bond acceptors (Lipinski definition) is 5. The van der Waals surface area contributed by atoms with E-state index in [4.69, 9.17) is 14.6 Å². The highest BCUT2D eigenvalue weighted by Crippen LogP contribution is 2.31. The van der Waals surface area contributed by atoms with Crippen molar-refractivity contribution in [3.05, 3.63) is 17.8 Å². The molecule has 1 aromatic rings. The molecule has 0 spiro atoms. The van der Waals surface area contributed by atoms with Crippen LogP contribution < -0.4 is 9.64 Å². The van der Waals surface area contributed by atoms with Gasteiger partial charge in [-0.05, 0) is 26.8 Å². The highest BCUT2D eigenvalue weighted by atomic mass is 16.6. The Labute approximate surface area is 116 Å². The maximum atomic E-state index is 12.1. The van der Waals surface area contributed by atoms with Gasteiger partial charge in [0.2, 0.25) is 5.88 Å². The van der Waals surface area contributed by atoms with E-state index in [1.165, 1.54) is 17.2 Å². The monoisotopic (exact) mass is 280 g/mol. The van der Waals surface area contributed by atoms with Crippen LogP contribution in [-0.2, 0) is 4.74 Å². The first kappa shape index (κ1) is 14.1. The quantitative estimate of drug-likeness (QED) is 0.845. The Morgan fingerprint density at radius 2 is 2.15 bits per heavy atom. The maximum absolute atomic E-state index is 12.1. The summed E-state index contributed by atoms with van der Waals surface area (Å²) in [5, 5.41) is 8.98.